The van der Waals surface area contributed by atoms with Gasteiger partial charge in [-0.2, -0.15) is 5.10 Å². The van der Waals surface area contributed by atoms with Crippen molar-refractivity contribution in [2.45, 2.75) is 44.2 Å². The maximum Gasteiger partial charge on any atom is 0.275 e. The van der Waals surface area contributed by atoms with Crippen molar-refractivity contribution in [2.24, 2.45) is 0 Å². The van der Waals surface area contributed by atoms with Gasteiger partial charge in [-0.25, -0.2) is 5.10 Å². The summed E-state index contributed by atoms with van der Waals surface area (Å²) in [6.45, 7) is 1.32. The van der Waals surface area contributed by atoms with Crippen LogP contribution in [0.5, 0.6) is 0 Å². The fourth-order valence-electron chi connectivity index (χ4n) is 3.89. The van der Waals surface area contributed by atoms with Gasteiger partial charge in [-0.1, -0.05) is 23.4 Å². The normalized spacial score (nSPS) is 19.7. The van der Waals surface area contributed by atoms with Crippen LogP contribution in [0.2, 0.25) is 0 Å². The monoisotopic (exact) mass is 364 g/mol. The second kappa shape index (κ2) is 6.29. The third kappa shape index (κ3) is 2.90. The van der Waals surface area contributed by atoms with Crippen molar-refractivity contribution in [3.63, 3.8) is 0 Å². The van der Waals surface area contributed by atoms with Gasteiger partial charge < -0.3 is 4.90 Å². The summed E-state index contributed by atoms with van der Waals surface area (Å²) in [4.78, 5) is 27.0. The Kier molecular flexibility index (Phi) is 3.77. The Morgan fingerprint density at radius 2 is 2.00 bits per heavy atom. The zero-order valence-electron chi connectivity index (χ0n) is 14.8. The van der Waals surface area contributed by atoms with Crippen LogP contribution in [0.1, 0.15) is 47.8 Å². The first kappa shape index (κ1) is 16.2. The van der Waals surface area contributed by atoms with Crippen LogP contribution in [0.15, 0.2) is 35.3 Å². The summed E-state index contributed by atoms with van der Waals surface area (Å²) in [7, 11) is 0. The molecule has 1 saturated heterocycles. The molecular weight excluding hydrogens is 344 g/mol. The number of benzene rings is 1. The van der Waals surface area contributed by atoms with Gasteiger partial charge >= 0.3 is 0 Å². The maximum atomic E-state index is 13.2. The molecule has 8 nitrogen and oxygen atoms in total. The van der Waals surface area contributed by atoms with Gasteiger partial charge in [0, 0.05) is 24.0 Å². The molecule has 1 aliphatic carbocycles. The number of nitrogens with one attached hydrogen (secondary N) is 1. The average Bonchev–Trinajstić information content (AvgIpc) is 3.26. The van der Waals surface area contributed by atoms with Gasteiger partial charge in [0.2, 0.25) is 0 Å². The number of carbonyl (C=O) groups excluding carboxylic acids is 1. The Hall–Kier alpha value is -3.03. The van der Waals surface area contributed by atoms with Gasteiger partial charge in [-0.05, 0) is 31.7 Å². The first-order valence-corrected chi connectivity index (χ1v) is 9.39. The summed E-state index contributed by atoms with van der Waals surface area (Å²) in [5, 5.41) is 16.1. The zero-order chi connectivity index (χ0) is 18.4. The fraction of sp³-hybridized carbons (Fsp3) is 0.421. The molecule has 2 aromatic heterocycles. The van der Waals surface area contributed by atoms with Crippen molar-refractivity contribution in [1.82, 2.24) is 30.1 Å². The molecule has 3 heterocycles. The van der Waals surface area contributed by atoms with E-state index in [0.717, 1.165) is 18.5 Å². The maximum absolute atomic E-state index is 13.2. The molecular formula is C19H20N6O2. The van der Waals surface area contributed by atoms with Gasteiger partial charge in [-0.15, -0.1) is 5.10 Å². The van der Waals surface area contributed by atoms with Crippen LogP contribution in [0.25, 0.3) is 10.8 Å². The van der Waals surface area contributed by atoms with Crippen LogP contribution >= 0.6 is 0 Å². The van der Waals surface area contributed by atoms with Crippen LogP contribution in [-0.2, 0) is 6.54 Å². The molecule has 1 amide bonds. The van der Waals surface area contributed by atoms with Crippen molar-refractivity contribution in [1.29, 1.82) is 0 Å². The summed E-state index contributed by atoms with van der Waals surface area (Å²) in [5.74, 6) is 0.421. The lowest BCUT2D eigenvalue weighted by Gasteiger charge is -2.24. The van der Waals surface area contributed by atoms with E-state index in [0.29, 0.717) is 35.5 Å². The van der Waals surface area contributed by atoms with Crippen molar-refractivity contribution in [2.75, 3.05) is 6.54 Å². The number of hydrogen-bond donors (Lipinski definition) is 1. The minimum atomic E-state index is -0.282. The molecule has 1 aromatic carbocycles. The van der Waals surface area contributed by atoms with Crippen molar-refractivity contribution < 1.29 is 4.79 Å². The predicted molar refractivity (Wildman–Crippen MR) is 98.4 cm³/mol. The van der Waals surface area contributed by atoms with Gasteiger partial charge in [0.05, 0.1) is 23.7 Å². The molecule has 27 heavy (non-hydrogen) atoms. The number of aromatic amines is 1. The summed E-state index contributed by atoms with van der Waals surface area (Å²) < 4.78 is 1.85. The van der Waals surface area contributed by atoms with Gasteiger partial charge in [-0.3, -0.25) is 14.3 Å². The topological polar surface area (TPSA) is 96.8 Å². The summed E-state index contributed by atoms with van der Waals surface area (Å²) in [6.07, 6.45) is 6.26. The van der Waals surface area contributed by atoms with E-state index >= 15 is 0 Å². The SMILES string of the molecule is O=C(c1n[nH]c(=O)c2ccccc12)N1CCC[C@H]1Cn1cc(C2CC2)nn1. The van der Waals surface area contributed by atoms with E-state index in [4.69, 9.17) is 0 Å². The number of nitrogens with zero attached hydrogens (tertiary/aromatic N) is 5. The summed E-state index contributed by atoms with van der Waals surface area (Å²) in [5.41, 5.74) is 1.07. The third-order valence-corrected chi connectivity index (χ3v) is 5.49. The van der Waals surface area contributed by atoms with E-state index in [1.54, 1.807) is 18.2 Å². The highest BCUT2D eigenvalue weighted by molar-refractivity contribution is 6.04. The predicted octanol–water partition coefficient (Wildman–Crippen LogP) is 1.70. The molecule has 2 aliphatic rings. The molecule has 138 valence electrons. The number of likely N-dealkylation sites (tertiary alicyclic amines) is 1. The molecule has 2 fully saturated rings. The third-order valence-electron chi connectivity index (χ3n) is 5.49. The molecule has 0 spiro atoms. The minimum absolute atomic E-state index is 0.0544. The Bertz CT molecular complexity index is 1070. The molecule has 1 N–H and O–H groups in total. The molecule has 3 aromatic rings. The second-order valence-corrected chi connectivity index (χ2v) is 7.38. The molecule has 0 unspecified atom stereocenters. The largest absolute Gasteiger partial charge is 0.332 e. The van der Waals surface area contributed by atoms with Crippen molar-refractivity contribution in [3.8, 4) is 0 Å². The molecule has 8 heteroatoms. The van der Waals surface area contributed by atoms with Crippen molar-refractivity contribution >= 4 is 16.7 Å². The number of rotatable bonds is 4. The lowest BCUT2D eigenvalue weighted by molar-refractivity contribution is 0.0716. The summed E-state index contributed by atoms with van der Waals surface area (Å²) >= 11 is 0. The zero-order valence-corrected chi connectivity index (χ0v) is 14.8. The van der Waals surface area contributed by atoms with Gasteiger partial charge in [0.25, 0.3) is 11.5 Å². The van der Waals surface area contributed by atoms with E-state index in [-0.39, 0.29) is 17.5 Å². The Morgan fingerprint density at radius 3 is 2.81 bits per heavy atom. The Morgan fingerprint density at radius 1 is 1.19 bits per heavy atom. The van der Waals surface area contributed by atoms with E-state index < -0.39 is 0 Å². The number of amides is 1. The average molecular weight is 364 g/mol. The van der Waals surface area contributed by atoms with E-state index in [2.05, 4.69) is 20.5 Å². The minimum Gasteiger partial charge on any atom is -0.332 e. The molecule has 1 aliphatic heterocycles. The number of aromatic nitrogens is 5. The smallest absolute Gasteiger partial charge is 0.275 e. The quantitative estimate of drug-likeness (QED) is 0.760. The second-order valence-electron chi connectivity index (χ2n) is 7.38. The number of carbonyl (C=O) groups is 1. The molecule has 1 atom stereocenters. The highest BCUT2D eigenvalue weighted by atomic mass is 16.2. The first-order valence-electron chi connectivity index (χ1n) is 9.39. The highest BCUT2D eigenvalue weighted by Gasteiger charge is 2.32. The van der Waals surface area contributed by atoms with Crippen LogP contribution in [0.3, 0.4) is 0 Å². The lowest BCUT2D eigenvalue weighted by atomic mass is 10.1. The highest BCUT2D eigenvalue weighted by Crippen LogP contribution is 2.38. The molecule has 0 bridgehead atoms. The van der Waals surface area contributed by atoms with Crippen LogP contribution < -0.4 is 5.56 Å². The summed E-state index contributed by atoms with van der Waals surface area (Å²) in [6, 6.07) is 7.14. The fourth-order valence-corrected chi connectivity index (χ4v) is 3.89. The Balaban J connectivity index is 1.42. The first-order chi connectivity index (χ1) is 13.2. The van der Waals surface area contributed by atoms with Crippen molar-refractivity contribution in [3.05, 3.63) is 52.2 Å². The molecule has 0 radical (unpaired) electrons. The molecule has 1 saturated carbocycles. The standard InChI is InChI=1S/C19H20N6O2/c26-18-15-6-2-1-5-14(15)17(21-22-18)19(27)25-9-3-4-13(25)10-24-11-16(20-23-24)12-7-8-12/h1-2,5-6,11-13H,3-4,7-10H2,(H,22,26)/t13-/m0/s1. The van der Waals surface area contributed by atoms with Crippen LogP contribution in [0, 0.1) is 0 Å². The van der Waals surface area contributed by atoms with Crippen LogP contribution in [0.4, 0.5) is 0 Å². The number of hydrogen-bond acceptors (Lipinski definition) is 5. The van der Waals surface area contributed by atoms with E-state index in [9.17, 15) is 9.59 Å². The lowest BCUT2D eigenvalue weighted by Crippen LogP contribution is -2.39. The van der Waals surface area contributed by atoms with E-state index in [1.165, 1.54) is 12.8 Å². The van der Waals surface area contributed by atoms with Crippen LogP contribution in [-0.4, -0.2) is 48.6 Å². The van der Waals surface area contributed by atoms with Gasteiger partial charge in [0.15, 0.2) is 5.69 Å². The number of H-pyrrole nitrogens is 1. The number of fused-ring (bicyclic) bond motifs is 1. The Labute approximate surface area is 155 Å². The van der Waals surface area contributed by atoms with E-state index in [1.807, 2.05) is 21.8 Å². The molecule has 5 rings (SSSR count). The van der Waals surface area contributed by atoms with Gasteiger partial charge in [0.1, 0.15) is 0 Å².